The number of para-hydroxylation sites is 1. The smallest absolute Gasteiger partial charge is 0.263 e. The van der Waals surface area contributed by atoms with Gasteiger partial charge < -0.3 is 30.6 Å². The second-order valence-electron chi connectivity index (χ2n) is 9.68. The zero-order valence-corrected chi connectivity index (χ0v) is 20.7. The van der Waals surface area contributed by atoms with Crippen LogP contribution in [0.2, 0.25) is 0 Å². The lowest BCUT2D eigenvalue weighted by Gasteiger charge is -2.44. The Balaban J connectivity index is 1.29. The van der Waals surface area contributed by atoms with Gasteiger partial charge in [0, 0.05) is 36.0 Å². The van der Waals surface area contributed by atoms with Crippen LogP contribution >= 0.6 is 0 Å². The molecular formula is C26H27FN6O5. The van der Waals surface area contributed by atoms with E-state index in [1.54, 1.807) is 19.4 Å². The van der Waals surface area contributed by atoms with Gasteiger partial charge in [-0.3, -0.25) is 14.3 Å². The lowest BCUT2D eigenvalue weighted by molar-refractivity contribution is -0.242. The summed E-state index contributed by atoms with van der Waals surface area (Å²) in [6.45, 7) is 1.16. The van der Waals surface area contributed by atoms with Gasteiger partial charge in [-0.2, -0.15) is 5.10 Å². The minimum atomic E-state index is -1.87. The third kappa shape index (κ3) is 4.15. The van der Waals surface area contributed by atoms with Crippen LogP contribution in [0, 0.1) is 0 Å². The molecule has 12 heteroatoms. The summed E-state index contributed by atoms with van der Waals surface area (Å²) >= 11 is 0. The summed E-state index contributed by atoms with van der Waals surface area (Å²) in [5.74, 6) is -1.49. The summed E-state index contributed by atoms with van der Waals surface area (Å²) < 4.78 is 33.5. The Morgan fingerprint density at radius 3 is 2.63 bits per heavy atom. The van der Waals surface area contributed by atoms with Gasteiger partial charge >= 0.3 is 0 Å². The molecule has 3 aromatic rings. The molecule has 2 saturated carbocycles. The molecule has 1 unspecified atom stereocenters. The van der Waals surface area contributed by atoms with E-state index in [1.165, 1.54) is 12.3 Å². The molecule has 1 aromatic carbocycles. The Kier molecular flexibility index (Phi) is 5.80. The van der Waals surface area contributed by atoms with Gasteiger partial charge in [0.1, 0.15) is 17.6 Å². The largest absolute Gasteiger partial charge is 0.494 e. The van der Waals surface area contributed by atoms with Gasteiger partial charge in [-0.15, -0.1) is 0 Å². The second kappa shape index (κ2) is 9.07. The topological polar surface area (TPSA) is 143 Å². The molecule has 1 aliphatic heterocycles. The summed E-state index contributed by atoms with van der Waals surface area (Å²) in [7, 11) is 1.54. The molecule has 1 spiro atoms. The number of alkyl halides is 1. The monoisotopic (exact) mass is 522 g/mol. The molecule has 198 valence electrons. The maximum absolute atomic E-state index is 14.1. The maximum Gasteiger partial charge on any atom is 0.263 e. The van der Waals surface area contributed by atoms with E-state index >= 15 is 0 Å². The zero-order chi connectivity index (χ0) is 26.5. The number of hydrogen-bond acceptors (Lipinski definition) is 8. The number of pyridine rings is 1. The minimum absolute atomic E-state index is 0.00581. The molecule has 2 aliphatic carbocycles. The van der Waals surface area contributed by atoms with Crippen molar-refractivity contribution >= 4 is 29.0 Å². The third-order valence-electron chi connectivity index (χ3n) is 7.28. The summed E-state index contributed by atoms with van der Waals surface area (Å²) in [6, 6.07) is 6.94. The van der Waals surface area contributed by atoms with Crippen LogP contribution in [-0.4, -0.2) is 58.4 Å². The van der Waals surface area contributed by atoms with Crippen molar-refractivity contribution < 1.29 is 28.2 Å². The number of methoxy groups -OCH3 is 1. The first kappa shape index (κ1) is 24.3. The van der Waals surface area contributed by atoms with Gasteiger partial charge in [0.2, 0.25) is 0 Å². The SMILES string of the molecule is COc1c(Nc2cc(NC(=O)C3(F)CC3)ncc2C(N)=O)cccc1-c1cnn(C2CCC23OCCO3)c1. The van der Waals surface area contributed by atoms with Crippen LogP contribution in [0.1, 0.15) is 42.1 Å². The van der Waals surface area contributed by atoms with Crippen molar-refractivity contribution in [1.29, 1.82) is 0 Å². The molecule has 3 heterocycles. The molecule has 38 heavy (non-hydrogen) atoms. The van der Waals surface area contributed by atoms with Gasteiger partial charge in [-0.05, 0) is 25.3 Å². The highest BCUT2D eigenvalue weighted by Gasteiger charge is 2.53. The van der Waals surface area contributed by atoms with E-state index in [0.29, 0.717) is 24.7 Å². The van der Waals surface area contributed by atoms with Crippen molar-refractivity contribution in [2.75, 3.05) is 31.0 Å². The standard InChI is InChI=1S/C26H27FN6O5/c1-36-22-16(15-12-30-33(14-15)20-5-6-26(20)37-9-10-38-26)3-2-4-18(22)31-19-11-21(29-13-17(19)23(28)34)32-24(35)25(27)7-8-25/h2-4,11-14,20H,5-10H2,1H3,(H2,28,34)(H2,29,31,32,35). The fourth-order valence-corrected chi connectivity index (χ4v) is 4.91. The number of hydrogen-bond donors (Lipinski definition) is 3. The molecule has 1 atom stereocenters. The van der Waals surface area contributed by atoms with Gasteiger partial charge in [-0.25, -0.2) is 9.37 Å². The lowest BCUT2D eigenvalue weighted by atomic mass is 9.85. The summed E-state index contributed by atoms with van der Waals surface area (Å²) in [5, 5.41) is 10.2. The number of nitrogens with two attached hydrogens (primary N) is 1. The van der Waals surface area contributed by atoms with Crippen molar-refractivity contribution in [3.8, 4) is 16.9 Å². The quantitative estimate of drug-likeness (QED) is 0.409. The Labute approximate surface area is 217 Å². The molecule has 2 aromatic heterocycles. The molecule has 4 N–H and O–H groups in total. The Hall–Kier alpha value is -4.03. The van der Waals surface area contributed by atoms with E-state index < -0.39 is 23.3 Å². The summed E-state index contributed by atoms with van der Waals surface area (Å²) in [4.78, 5) is 28.3. The van der Waals surface area contributed by atoms with Crippen molar-refractivity contribution in [1.82, 2.24) is 14.8 Å². The predicted octanol–water partition coefficient (Wildman–Crippen LogP) is 3.31. The van der Waals surface area contributed by atoms with Gasteiger partial charge in [0.25, 0.3) is 11.8 Å². The van der Waals surface area contributed by atoms with E-state index in [9.17, 15) is 14.0 Å². The highest BCUT2D eigenvalue weighted by Crippen LogP contribution is 2.49. The second-order valence-corrected chi connectivity index (χ2v) is 9.68. The third-order valence-corrected chi connectivity index (χ3v) is 7.28. The molecule has 1 saturated heterocycles. The number of aromatic nitrogens is 3. The number of ether oxygens (including phenoxy) is 3. The number of benzene rings is 1. The number of nitrogens with one attached hydrogen (secondary N) is 2. The maximum atomic E-state index is 14.1. The fraction of sp³-hybridized carbons (Fsp3) is 0.385. The summed E-state index contributed by atoms with van der Waals surface area (Å²) in [6.07, 6.45) is 7.00. The van der Waals surface area contributed by atoms with E-state index in [1.807, 2.05) is 23.0 Å². The normalized spacial score (nSPS) is 20.5. The number of primary amides is 1. The highest BCUT2D eigenvalue weighted by molar-refractivity contribution is 6.02. The van der Waals surface area contributed by atoms with Crippen molar-refractivity contribution in [2.24, 2.45) is 5.73 Å². The molecule has 2 amide bonds. The molecule has 0 radical (unpaired) electrons. The first-order valence-electron chi connectivity index (χ1n) is 12.4. The number of rotatable bonds is 8. The highest BCUT2D eigenvalue weighted by atomic mass is 19.1. The van der Waals surface area contributed by atoms with E-state index in [4.69, 9.17) is 19.9 Å². The molecular weight excluding hydrogens is 495 g/mol. The Bertz CT molecular complexity index is 1410. The van der Waals surface area contributed by atoms with Crippen LogP contribution in [-0.2, 0) is 14.3 Å². The Morgan fingerprint density at radius 2 is 1.97 bits per heavy atom. The van der Waals surface area contributed by atoms with Crippen molar-refractivity contribution in [2.45, 2.75) is 43.2 Å². The van der Waals surface area contributed by atoms with Crippen LogP contribution in [0.25, 0.3) is 11.1 Å². The number of anilines is 3. The van der Waals surface area contributed by atoms with Crippen LogP contribution in [0.15, 0.2) is 42.9 Å². The van der Waals surface area contributed by atoms with E-state index in [0.717, 1.165) is 24.0 Å². The number of carbonyl (C=O) groups is 2. The number of carbonyl (C=O) groups excluding carboxylic acids is 2. The Morgan fingerprint density at radius 1 is 1.18 bits per heavy atom. The minimum Gasteiger partial charge on any atom is -0.494 e. The van der Waals surface area contributed by atoms with Gasteiger partial charge in [-0.1, -0.05) is 12.1 Å². The first-order chi connectivity index (χ1) is 18.3. The van der Waals surface area contributed by atoms with E-state index in [2.05, 4.69) is 20.7 Å². The van der Waals surface area contributed by atoms with Crippen molar-refractivity contribution in [3.05, 3.63) is 48.4 Å². The average molecular weight is 523 g/mol. The molecule has 3 fully saturated rings. The van der Waals surface area contributed by atoms with Gasteiger partial charge in [0.05, 0.1) is 43.5 Å². The average Bonchev–Trinajstić information content (AvgIpc) is 3.27. The number of amides is 2. The van der Waals surface area contributed by atoms with Crippen LogP contribution in [0.5, 0.6) is 5.75 Å². The molecule has 6 rings (SSSR count). The van der Waals surface area contributed by atoms with Crippen molar-refractivity contribution in [3.63, 3.8) is 0 Å². The van der Waals surface area contributed by atoms with Crippen LogP contribution in [0.4, 0.5) is 21.6 Å². The molecule has 0 bridgehead atoms. The van der Waals surface area contributed by atoms with Gasteiger partial charge in [0.15, 0.2) is 11.5 Å². The summed E-state index contributed by atoms with van der Waals surface area (Å²) in [5.41, 5.74) is 6.19. The lowest BCUT2D eigenvalue weighted by Crippen LogP contribution is -2.49. The zero-order valence-electron chi connectivity index (χ0n) is 20.7. The molecule has 3 aliphatic rings. The molecule has 11 nitrogen and oxygen atoms in total. The number of halogens is 1. The predicted molar refractivity (Wildman–Crippen MR) is 135 cm³/mol. The first-order valence-corrected chi connectivity index (χ1v) is 12.4. The fourth-order valence-electron chi connectivity index (χ4n) is 4.91. The number of nitrogens with zero attached hydrogens (tertiary/aromatic N) is 3. The van der Waals surface area contributed by atoms with E-state index in [-0.39, 0.29) is 36.0 Å². The van der Waals surface area contributed by atoms with Crippen LogP contribution < -0.4 is 21.1 Å². The van der Waals surface area contributed by atoms with Crippen LogP contribution in [0.3, 0.4) is 0 Å².